The van der Waals surface area contributed by atoms with Crippen LogP contribution in [0.1, 0.15) is 39.5 Å². The Balaban J connectivity index is 1.89. The number of carbonyl (C=O) groups is 1. The fraction of sp³-hybridized carbons (Fsp3) is 0.562. The number of carbonyl (C=O) groups excluding carboxylic acids is 1. The minimum Gasteiger partial charge on any atom is -0.490 e. The van der Waals surface area contributed by atoms with Gasteiger partial charge in [0.15, 0.2) is 0 Å². The molecule has 4 nitrogen and oxygen atoms in total. The van der Waals surface area contributed by atoms with Crippen molar-refractivity contribution in [3.05, 3.63) is 24.3 Å². The Bertz CT molecular complexity index is 436. The lowest BCUT2D eigenvalue weighted by Crippen LogP contribution is -2.39. The minimum absolute atomic E-state index is 0.125. The molecule has 1 atom stereocenters. The van der Waals surface area contributed by atoms with Crippen molar-refractivity contribution in [3.8, 4) is 5.75 Å². The van der Waals surface area contributed by atoms with Gasteiger partial charge in [0, 0.05) is 5.69 Å². The lowest BCUT2D eigenvalue weighted by Gasteiger charge is -2.16. The standard InChI is InChI=1S/C16H24N2O2/c1-11(2)15(17)16(19)18-12-7-9-14(10-8-12)20-13-5-3-4-6-13/h7-11,13,15H,3-6,17H2,1-2H3,(H,18,19)/t15-/m1/s1. The van der Waals surface area contributed by atoms with Crippen LogP contribution in [0.15, 0.2) is 24.3 Å². The van der Waals surface area contributed by atoms with E-state index in [9.17, 15) is 4.79 Å². The topological polar surface area (TPSA) is 64.4 Å². The Morgan fingerprint density at radius 3 is 2.40 bits per heavy atom. The van der Waals surface area contributed by atoms with Crippen molar-refractivity contribution in [3.63, 3.8) is 0 Å². The number of nitrogens with two attached hydrogens (primary N) is 1. The van der Waals surface area contributed by atoms with E-state index in [1.54, 1.807) is 0 Å². The van der Waals surface area contributed by atoms with Gasteiger partial charge in [0.2, 0.25) is 5.91 Å². The highest BCUT2D eigenvalue weighted by molar-refractivity contribution is 5.94. The third-order valence-electron chi connectivity index (χ3n) is 3.75. The number of rotatable bonds is 5. The van der Waals surface area contributed by atoms with Crippen molar-refractivity contribution < 1.29 is 9.53 Å². The zero-order valence-electron chi connectivity index (χ0n) is 12.3. The minimum atomic E-state index is -0.482. The van der Waals surface area contributed by atoms with E-state index in [4.69, 9.17) is 10.5 Å². The molecule has 0 aromatic heterocycles. The molecule has 0 unspecified atom stereocenters. The number of ether oxygens (including phenoxy) is 1. The first-order valence-electron chi connectivity index (χ1n) is 7.39. The lowest BCUT2D eigenvalue weighted by molar-refractivity contribution is -0.118. The molecule has 1 aromatic carbocycles. The Morgan fingerprint density at radius 2 is 1.85 bits per heavy atom. The van der Waals surface area contributed by atoms with Gasteiger partial charge >= 0.3 is 0 Å². The van der Waals surface area contributed by atoms with E-state index in [-0.39, 0.29) is 11.8 Å². The highest BCUT2D eigenvalue weighted by Gasteiger charge is 2.18. The molecular weight excluding hydrogens is 252 g/mol. The zero-order chi connectivity index (χ0) is 14.5. The molecule has 0 spiro atoms. The smallest absolute Gasteiger partial charge is 0.241 e. The molecule has 1 saturated carbocycles. The molecule has 20 heavy (non-hydrogen) atoms. The third kappa shape index (κ3) is 3.97. The van der Waals surface area contributed by atoms with Gasteiger partial charge < -0.3 is 15.8 Å². The molecule has 2 rings (SSSR count). The lowest BCUT2D eigenvalue weighted by atomic mass is 10.1. The normalized spacial score (nSPS) is 17.2. The zero-order valence-corrected chi connectivity index (χ0v) is 12.3. The predicted molar refractivity (Wildman–Crippen MR) is 80.8 cm³/mol. The summed E-state index contributed by atoms with van der Waals surface area (Å²) in [5, 5.41) is 2.82. The molecule has 3 N–H and O–H groups in total. The van der Waals surface area contributed by atoms with Crippen LogP contribution in [-0.2, 0) is 4.79 Å². The maximum absolute atomic E-state index is 11.9. The first-order chi connectivity index (χ1) is 9.56. The molecule has 110 valence electrons. The average molecular weight is 276 g/mol. The maximum atomic E-state index is 11.9. The van der Waals surface area contributed by atoms with Crippen LogP contribution < -0.4 is 15.8 Å². The van der Waals surface area contributed by atoms with E-state index in [1.165, 1.54) is 12.8 Å². The number of anilines is 1. The Labute approximate surface area is 120 Å². The molecule has 1 amide bonds. The second-order valence-electron chi connectivity index (χ2n) is 5.81. The van der Waals surface area contributed by atoms with E-state index in [1.807, 2.05) is 38.1 Å². The predicted octanol–water partition coefficient (Wildman–Crippen LogP) is 2.93. The van der Waals surface area contributed by atoms with E-state index < -0.39 is 6.04 Å². The summed E-state index contributed by atoms with van der Waals surface area (Å²) in [7, 11) is 0. The van der Waals surface area contributed by atoms with Gasteiger partial charge in [-0.25, -0.2) is 0 Å². The van der Waals surface area contributed by atoms with Crippen LogP contribution in [0.25, 0.3) is 0 Å². The van der Waals surface area contributed by atoms with Gasteiger partial charge in [0.1, 0.15) is 5.75 Å². The molecular formula is C16H24N2O2. The highest BCUT2D eigenvalue weighted by atomic mass is 16.5. The molecule has 4 heteroatoms. The Hall–Kier alpha value is -1.55. The Kier molecular flexibility index (Phi) is 5.01. The number of amides is 1. The van der Waals surface area contributed by atoms with Gasteiger partial charge in [-0.15, -0.1) is 0 Å². The van der Waals surface area contributed by atoms with E-state index in [2.05, 4.69) is 5.32 Å². The van der Waals surface area contributed by atoms with Crippen LogP contribution in [0.3, 0.4) is 0 Å². The molecule has 0 aliphatic heterocycles. The van der Waals surface area contributed by atoms with Crippen LogP contribution in [0.5, 0.6) is 5.75 Å². The molecule has 1 aliphatic carbocycles. The van der Waals surface area contributed by atoms with Gasteiger partial charge in [-0.2, -0.15) is 0 Å². The SMILES string of the molecule is CC(C)[C@@H](N)C(=O)Nc1ccc(OC2CCCC2)cc1. The summed E-state index contributed by atoms with van der Waals surface area (Å²) >= 11 is 0. The van der Waals surface area contributed by atoms with Crippen molar-refractivity contribution in [2.75, 3.05) is 5.32 Å². The summed E-state index contributed by atoms with van der Waals surface area (Å²) in [6.07, 6.45) is 5.14. The van der Waals surface area contributed by atoms with Crippen LogP contribution in [0, 0.1) is 5.92 Å². The second kappa shape index (κ2) is 6.75. The number of benzene rings is 1. The number of nitrogens with one attached hydrogen (secondary N) is 1. The fourth-order valence-electron chi connectivity index (χ4n) is 2.34. The van der Waals surface area contributed by atoms with Crippen LogP contribution in [0.2, 0.25) is 0 Å². The molecule has 0 bridgehead atoms. The largest absolute Gasteiger partial charge is 0.490 e. The summed E-state index contributed by atoms with van der Waals surface area (Å²) in [6, 6.07) is 7.03. The second-order valence-corrected chi connectivity index (χ2v) is 5.81. The molecule has 0 heterocycles. The number of hydrogen-bond donors (Lipinski definition) is 2. The molecule has 0 saturated heterocycles. The molecule has 0 radical (unpaired) electrons. The van der Waals surface area contributed by atoms with Crippen LogP contribution >= 0.6 is 0 Å². The summed E-state index contributed by atoms with van der Waals surface area (Å²) in [5.41, 5.74) is 6.56. The summed E-state index contributed by atoms with van der Waals surface area (Å²) in [4.78, 5) is 11.9. The number of hydrogen-bond acceptors (Lipinski definition) is 3. The van der Waals surface area contributed by atoms with Crippen molar-refractivity contribution in [1.29, 1.82) is 0 Å². The van der Waals surface area contributed by atoms with E-state index in [0.29, 0.717) is 6.10 Å². The first kappa shape index (κ1) is 14.9. The summed E-state index contributed by atoms with van der Waals surface area (Å²) in [5.74, 6) is 0.840. The molecule has 1 fully saturated rings. The van der Waals surface area contributed by atoms with Gasteiger partial charge in [-0.3, -0.25) is 4.79 Å². The van der Waals surface area contributed by atoms with E-state index >= 15 is 0 Å². The quantitative estimate of drug-likeness (QED) is 0.869. The van der Waals surface area contributed by atoms with Gasteiger partial charge in [0.05, 0.1) is 12.1 Å². The average Bonchev–Trinajstić information content (AvgIpc) is 2.92. The monoisotopic (exact) mass is 276 g/mol. The van der Waals surface area contributed by atoms with Crippen LogP contribution in [0.4, 0.5) is 5.69 Å². The van der Waals surface area contributed by atoms with Crippen molar-refractivity contribution in [2.24, 2.45) is 11.7 Å². The first-order valence-corrected chi connectivity index (χ1v) is 7.39. The highest BCUT2D eigenvalue weighted by Crippen LogP contribution is 2.25. The summed E-state index contributed by atoms with van der Waals surface area (Å²) in [6.45, 7) is 3.87. The maximum Gasteiger partial charge on any atom is 0.241 e. The summed E-state index contributed by atoms with van der Waals surface area (Å²) < 4.78 is 5.88. The third-order valence-corrected chi connectivity index (χ3v) is 3.75. The van der Waals surface area contributed by atoms with Gasteiger partial charge in [0.25, 0.3) is 0 Å². The van der Waals surface area contributed by atoms with Crippen LogP contribution in [-0.4, -0.2) is 18.1 Å². The van der Waals surface area contributed by atoms with Crippen molar-refractivity contribution in [1.82, 2.24) is 0 Å². The molecule has 1 aliphatic rings. The van der Waals surface area contributed by atoms with Gasteiger partial charge in [-0.1, -0.05) is 13.8 Å². The van der Waals surface area contributed by atoms with Crippen molar-refractivity contribution in [2.45, 2.75) is 51.7 Å². The van der Waals surface area contributed by atoms with Crippen molar-refractivity contribution >= 4 is 11.6 Å². The molecule has 1 aromatic rings. The van der Waals surface area contributed by atoms with E-state index in [0.717, 1.165) is 24.3 Å². The Morgan fingerprint density at radius 1 is 1.25 bits per heavy atom. The van der Waals surface area contributed by atoms with Gasteiger partial charge in [-0.05, 0) is 55.9 Å². The fourth-order valence-corrected chi connectivity index (χ4v) is 2.34.